The summed E-state index contributed by atoms with van der Waals surface area (Å²) in [6.07, 6.45) is 0. The number of benzene rings is 1. The molecule has 1 aliphatic heterocycles. The number of fused-ring (bicyclic) bond motifs is 2. The Morgan fingerprint density at radius 2 is 2.18 bits per heavy atom. The van der Waals surface area contributed by atoms with Crippen LogP contribution in [0, 0.1) is 17.8 Å². The number of carbonyl (C=O) groups is 1. The van der Waals surface area contributed by atoms with E-state index in [0.717, 1.165) is 29.7 Å². The minimum Gasteiger partial charge on any atom is -0.348 e. The van der Waals surface area contributed by atoms with E-state index >= 15 is 0 Å². The molecule has 3 unspecified atom stereocenters. The zero-order valence-electron chi connectivity index (χ0n) is 12.6. The molecule has 2 aliphatic rings. The number of carbonyl (C=O) groups excluding carboxylic acids is 1. The average Bonchev–Trinajstić information content (AvgIpc) is 2.82. The zero-order valence-corrected chi connectivity index (χ0v) is 13.4. The predicted octanol–water partition coefficient (Wildman–Crippen LogP) is 1.87. The quantitative estimate of drug-likeness (QED) is 0.908. The Bertz CT molecular complexity index is 746. The number of amides is 1. The maximum absolute atomic E-state index is 12.4. The van der Waals surface area contributed by atoms with Crippen molar-refractivity contribution in [1.82, 2.24) is 20.4 Å². The second-order valence-corrected chi connectivity index (χ2v) is 6.79. The average molecular weight is 319 g/mol. The fourth-order valence-electron chi connectivity index (χ4n) is 3.82. The second kappa shape index (κ2) is 4.96. The van der Waals surface area contributed by atoms with Crippen molar-refractivity contribution < 1.29 is 4.79 Å². The summed E-state index contributed by atoms with van der Waals surface area (Å²) in [5.41, 5.74) is 1.78. The maximum Gasteiger partial charge on any atom is 0.224 e. The van der Waals surface area contributed by atoms with Crippen molar-refractivity contribution in [2.24, 2.45) is 24.8 Å². The van der Waals surface area contributed by atoms with Gasteiger partial charge in [-0.3, -0.25) is 9.48 Å². The van der Waals surface area contributed by atoms with E-state index < -0.39 is 0 Å². The SMILES string of the molecule is CC(NC(=O)C1C2CNCC21)c1nn(C)c2c(Cl)cccc12. The molecule has 2 aromatic rings. The Labute approximate surface area is 134 Å². The van der Waals surface area contributed by atoms with Crippen LogP contribution < -0.4 is 10.6 Å². The third kappa shape index (κ3) is 2.03. The number of para-hydroxylation sites is 1. The second-order valence-electron chi connectivity index (χ2n) is 6.39. The van der Waals surface area contributed by atoms with Gasteiger partial charge >= 0.3 is 0 Å². The van der Waals surface area contributed by atoms with Crippen molar-refractivity contribution in [2.45, 2.75) is 13.0 Å². The van der Waals surface area contributed by atoms with Crippen molar-refractivity contribution in [2.75, 3.05) is 13.1 Å². The first-order valence-electron chi connectivity index (χ1n) is 7.70. The molecule has 2 heterocycles. The van der Waals surface area contributed by atoms with Crippen LogP contribution in [-0.4, -0.2) is 28.8 Å². The highest BCUT2D eigenvalue weighted by atomic mass is 35.5. The molecule has 116 valence electrons. The molecule has 0 radical (unpaired) electrons. The number of hydrogen-bond acceptors (Lipinski definition) is 3. The van der Waals surface area contributed by atoms with Crippen LogP contribution in [0.15, 0.2) is 18.2 Å². The van der Waals surface area contributed by atoms with E-state index in [2.05, 4.69) is 15.7 Å². The van der Waals surface area contributed by atoms with Gasteiger partial charge in [0.25, 0.3) is 0 Å². The highest BCUT2D eigenvalue weighted by Gasteiger charge is 2.56. The molecule has 1 aromatic carbocycles. The van der Waals surface area contributed by atoms with Crippen LogP contribution in [0.4, 0.5) is 0 Å². The normalized spacial score (nSPS) is 27.7. The smallest absolute Gasteiger partial charge is 0.224 e. The third-order valence-electron chi connectivity index (χ3n) is 5.01. The molecule has 1 saturated heterocycles. The van der Waals surface area contributed by atoms with E-state index in [9.17, 15) is 4.79 Å². The molecule has 0 bridgehead atoms. The number of rotatable bonds is 3. The Balaban J connectivity index is 1.57. The number of hydrogen-bond donors (Lipinski definition) is 2. The fourth-order valence-corrected chi connectivity index (χ4v) is 4.12. The number of aromatic nitrogens is 2. The number of nitrogens with zero attached hydrogens (tertiary/aromatic N) is 2. The Morgan fingerprint density at radius 1 is 1.45 bits per heavy atom. The van der Waals surface area contributed by atoms with Crippen molar-refractivity contribution >= 4 is 28.4 Å². The molecule has 22 heavy (non-hydrogen) atoms. The first-order chi connectivity index (χ1) is 10.6. The van der Waals surface area contributed by atoms with Crippen LogP contribution in [0.5, 0.6) is 0 Å². The summed E-state index contributed by atoms with van der Waals surface area (Å²) in [6.45, 7) is 3.93. The van der Waals surface area contributed by atoms with Gasteiger partial charge in [-0.05, 0) is 37.9 Å². The monoisotopic (exact) mass is 318 g/mol. The lowest BCUT2D eigenvalue weighted by atomic mass is 10.1. The molecule has 0 spiro atoms. The highest BCUT2D eigenvalue weighted by molar-refractivity contribution is 6.35. The van der Waals surface area contributed by atoms with E-state index in [1.54, 1.807) is 4.68 Å². The lowest BCUT2D eigenvalue weighted by Crippen LogP contribution is -2.32. The number of halogens is 1. The van der Waals surface area contributed by atoms with Crippen molar-refractivity contribution in [3.8, 4) is 0 Å². The number of piperidine rings is 1. The van der Waals surface area contributed by atoms with Gasteiger partial charge < -0.3 is 10.6 Å². The zero-order chi connectivity index (χ0) is 15.4. The van der Waals surface area contributed by atoms with E-state index in [4.69, 9.17) is 11.6 Å². The number of nitrogens with one attached hydrogen (secondary N) is 2. The summed E-state index contributed by atoms with van der Waals surface area (Å²) >= 11 is 6.26. The maximum atomic E-state index is 12.4. The van der Waals surface area contributed by atoms with Crippen molar-refractivity contribution in [3.63, 3.8) is 0 Å². The Morgan fingerprint density at radius 3 is 2.91 bits per heavy atom. The van der Waals surface area contributed by atoms with Crippen LogP contribution in [0.1, 0.15) is 18.7 Å². The van der Waals surface area contributed by atoms with E-state index in [-0.39, 0.29) is 17.9 Å². The van der Waals surface area contributed by atoms with Gasteiger partial charge in [-0.15, -0.1) is 0 Å². The van der Waals surface area contributed by atoms with Gasteiger partial charge in [-0.2, -0.15) is 5.10 Å². The van der Waals surface area contributed by atoms with Crippen molar-refractivity contribution in [3.05, 3.63) is 28.9 Å². The van der Waals surface area contributed by atoms with Crippen molar-refractivity contribution in [1.29, 1.82) is 0 Å². The van der Waals surface area contributed by atoms with Gasteiger partial charge in [0.2, 0.25) is 5.91 Å². The first kappa shape index (κ1) is 14.0. The molecule has 2 N–H and O–H groups in total. The lowest BCUT2D eigenvalue weighted by molar-refractivity contribution is -0.123. The van der Waals surface area contributed by atoms with Crippen LogP contribution in [0.3, 0.4) is 0 Å². The van der Waals surface area contributed by atoms with Gasteiger partial charge in [0.05, 0.1) is 22.3 Å². The highest BCUT2D eigenvalue weighted by Crippen LogP contribution is 2.48. The fraction of sp³-hybridized carbons (Fsp3) is 0.500. The molecule has 1 aliphatic carbocycles. The predicted molar refractivity (Wildman–Crippen MR) is 85.6 cm³/mol. The van der Waals surface area contributed by atoms with Crippen LogP contribution in [-0.2, 0) is 11.8 Å². The summed E-state index contributed by atoms with van der Waals surface area (Å²) < 4.78 is 1.78. The summed E-state index contributed by atoms with van der Waals surface area (Å²) in [6, 6.07) is 5.66. The lowest BCUT2D eigenvalue weighted by Gasteiger charge is -2.13. The van der Waals surface area contributed by atoms with E-state index in [1.165, 1.54) is 0 Å². The summed E-state index contributed by atoms with van der Waals surface area (Å²) in [5, 5.41) is 12.7. The Hall–Kier alpha value is -1.59. The third-order valence-corrected chi connectivity index (χ3v) is 5.31. The summed E-state index contributed by atoms with van der Waals surface area (Å²) in [7, 11) is 1.88. The minimum atomic E-state index is -0.121. The molecule has 1 amide bonds. The largest absolute Gasteiger partial charge is 0.348 e. The summed E-state index contributed by atoms with van der Waals surface area (Å²) in [4.78, 5) is 12.4. The first-order valence-corrected chi connectivity index (χ1v) is 8.08. The molecular formula is C16H19ClN4O. The van der Waals surface area contributed by atoms with Gasteiger partial charge in [0.1, 0.15) is 0 Å². The molecule has 5 nitrogen and oxygen atoms in total. The molecule has 1 saturated carbocycles. The van der Waals surface area contributed by atoms with Crippen LogP contribution >= 0.6 is 11.6 Å². The van der Waals surface area contributed by atoms with Gasteiger partial charge in [0.15, 0.2) is 0 Å². The van der Waals surface area contributed by atoms with Crippen LogP contribution in [0.25, 0.3) is 10.9 Å². The van der Waals surface area contributed by atoms with E-state index in [0.29, 0.717) is 16.9 Å². The van der Waals surface area contributed by atoms with Crippen LogP contribution in [0.2, 0.25) is 5.02 Å². The molecule has 2 fully saturated rings. The molecule has 3 atom stereocenters. The Kier molecular flexibility index (Phi) is 3.16. The van der Waals surface area contributed by atoms with Gasteiger partial charge in [-0.1, -0.05) is 23.7 Å². The number of aryl methyl sites for hydroxylation is 1. The summed E-state index contributed by atoms with van der Waals surface area (Å²) in [5.74, 6) is 1.40. The van der Waals surface area contributed by atoms with Gasteiger partial charge in [-0.25, -0.2) is 0 Å². The standard InChI is InChI=1S/C16H19ClN4O/c1-8(19-16(22)13-10-6-18-7-11(10)13)14-9-4-3-5-12(17)15(9)21(2)20-14/h3-5,8,10-11,13,18H,6-7H2,1-2H3,(H,19,22). The molecular weight excluding hydrogens is 300 g/mol. The van der Waals surface area contributed by atoms with E-state index in [1.807, 2.05) is 32.2 Å². The van der Waals surface area contributed by atoms with Gasteiger partial charge in [0, 0.05) is 18.4 Å². The molecule has 6 heteroatoms. The molecule has 4 rings (SSSR count). The minimum absolute atomic E-state index is 0.121. The molecule has 1 aromatic heterocycles. The topological polar surface area (TPSA) is 59.0 Å².